The monoisotopic (exact) mass is 280 g/mol. The summed E-state index contributed by atoms with van der Waals surface area (Å²) in [5.41, 5.74) is -0.219. The van der Waals surface area contributed by atoms with E-state index in [4.69, 9.17) is 0 Å². The summed E-state index contributed by atoms with van der Waals surface area (Å²) in [6.07, 6.45) is -2.25. The van der Waals surface area contributed by atoms with E-state index in [0.717, 1.165) is 18.2 Å². The van der Waals surface area contributed by atoms with Crippen LogP contribution in [-0.4, -0.2) is 21.6 Å². The van der Waals surface area contributed by atoms with Crippen LogP contribution in [0.3, 0.4) is 0 Å². The van der Waals surface area contributed by atoms with Gasteiger partial charge in [0.25, 0.3) is 0 Å². The Labute approximate surface area is 94.7 Å². The van der Waals surface area contributed by atoms with Crippen LogP contribution in [0.1, 0.15) is 18.1 Å². The molecule has 0 bridgehead atoms. The molecule has 0 saturated heterocycles. The van der Waals surface area contributed by atoms with Crippen molar-refractivity contribution in [2.24, 2.45) is 0 Å². The van der Waals surface area contributed by atoms with Gasteiger partial charge in [0, 0.05) is 10.9 Å². The Morgan fingerprint density at radius 2 is 1.93 bits per heavy atom. The molecular weight excluding hydrogens is 270 g/mol. The van der Waals surface area contributed by atoms with Crippen molar-refractivity contribution in [1.29, 1.82) is 0 Å². The third-order valence-corrected chi connectivity index (χ3v) is 2.50. The maximum Gasteiger partial charge on any atom is 0.129 e. The molecule has 0 saturated carbocycles. The number of hydrogen-bond acceptors (Lipinski definition) is 2. The molecule has 84 valence electrons. The third-order valence-electron chi connectivity index (χ3n) is 2.05. The summed E-state index contributed by atoms with van der Waals surface area (Å²) in [6.45, 7) is 0. The van der Waals surface area contributed by atoms with Gasteiger partial charge in [0.2, 0.25) is 0 Å². The van der Waals surface area contributed by atoms with Gasteiger partial charge in [-0.25, -0.2) is 8.78 Å². The van der Waals surface area contributed by atoms with E-state index in [1.807, 2.05) is 0 Å². The quantitative estimate of drug-likeness (QED) is 0.830. The van der Waals surface area contributed by atoms with Crippen molar-refractivity contribution in [1.82, 2.24) is 0 Å². The second-order valence-corrected chi connectivity index (χ2v) is 3.95. The molecule has 2 atom stereocenters. The van der Waals surface area contributed by atoms with E-state index in [2.05, 4.69) is 15.9 Å². The SMILES string of the molecule is OC(CCBr)C(O)c1cc(F)ccc1F. The van der Waals surface area contributed by atoms with Crippen molar-refractivity contribution >= 4 is 15.9 Å². The van der Waals surface area contributed by atoms with E-state index >= 15 is 0 Å². The van der Waals surface area contributed by atoms with Crippen molar-refractivity contribution < 1.29 is 19.0 Å². The predicted molar refractivity (Wildman–Crippen MR) is 55.7 cm³/mol. The highest BCUT2D eigenvalue weighted by molar-refractivity contribution is 9.09. The fourth-order valence-corrected chi connectivity index (χ4v) is 1.69. The van der Waals surface area contributed by atoms with Crippen LogP contribution in [-0.2, 0) is 0 Å². The molecule has 0 aliphatic heterocycles. The van der Waals surface area contributed by atoms with Crippen molar-refractivity contribution in [2.75, 3.05) is 5.33 Å². The van der Waals surface area contributed by atoms with Crippen molar-refractivity contribution in [3.8, 4) is 0 Å². The first-order valence-corrected chi connectivity index (χ1v) is 5.55. The lowest BCUT2D eigenvalue weighted by Crippen LogP contribution is -2.19. The minimum Gasteiger partial charge on any atom is -0.390 e. The molecule has 0 aromatic heterocycles. The third kappa shape index (κ3) is 3.22. The number of halogens is 3. The molecule has 0 heterocycles. The van der Waals surface area contributed by atoms with Crippen LogP contribution >= 0.6 is 15.9 Å². The number of aliphatic hydroxyl groups is 2. The first-order valence-electron chi connectivity index (χ1n) is 4.43. The largest absolute Gasteiger partial charge is 0.390 e. The van der Waals surface area contributed by atoms with E-state index < -0.39 is 23.8 Å². The molecule has 2 nitrogen and oxygen atoms in total. The molecule has 0 fully saturated rings. The molecule has 0 aliphatic rings. The summed E-state index contributed by atoms with van der Waals surface area (Å²) in [6, 6.07) is 2.77. The van der Waals surface area contributed by atoms with Gasteiger partial charge >= 0.3 is 0 Å². The van der Waals surface area contributed by atoms with E-state index in [1.54, 1.807) is 0 Å². The Morgan fingerprint density at radius 3 is 2.53 bits per heavy atom. The Hall–Kier alpha value is -0.520. The minimum absolute atomic E-state index is 0.219. The number of aliphatic hydroxyl groups excluding tert-OH is 2. The Morgan fingerprint density at radius 1 is 1.27 bits per heavy atom. The normalized spacial score (nSPS) is 15.0. The molecule has 0 spiro atoms. The number of benzene rings is 1. The van der Waals surface area contributed by atoms with E-state index in [-0.39, 0.29) is 12.0 Å². The molecule has 5 heteroatoms. The lowest BCUT2D eigenvalue weighted by Gasteiger charge is -2.17. The molecule has 0 radical (unpaired) electrons. The van der Waals surface area contributed by atoms with Crippen LogP contribution < -0.4 is 0 Å². The van der Waals surface area contributed by atoms with Gasteiger partial charge in [-0.05, 0) is 24.6 Å². The molecule has 0 aliphatic carbocycles. The molecule has 0 amide bonds. The summed E-state index contributed by atoms with van der Waals surface area (Å²) in [5.74, 6) is -1.37. The summed E-state index contributed by atoms with van der Waals surface area (Å²) in [4.78, 5) is 0. The molecule has 1 rings (SSSR count). The van der Waals surface area contributed by atoms with Gasteiger partial charge in [-0.2, -0.15) is 0 Å². The van der Waals surface area contributed by atoms with Crippen LogP contribution in [0.5, 0.6) is 0 Å². The lowest BCUT2D eigenvalue weighted by atomic mass is 10.0. The molecule has 1 aromatic rings. The van der Waals surface area contributed by atoms with Gasteiger partial charge in [0.15, 0.2) is 0 Å². The maximum atomic E-state index is 13.2. The first kappa shape index (κ1) is 12.5. The Balaban J connectivity index is 2.89. The zero-order valence-corrected chi connectivity index (χ0v) is 9.42. The van der Waals surface area contributed by atoms with Gasteiger partial charge in [-0.1, -0.05) is 15.9 Å². The predicted octanol–water partition coefficient (Wildman–Crippen LogP) is 2.14. The average molecular weight is 281 g/mol. The van der Waals surface area contributed by atoms with Crippen molar-refractivity contribution in [3.05, 3.63) is 35.4 Å². The summed E-state index contributed by atoms with van der Waals surface area (Å²) in [5, 5.41) is 19.4. The lowest BCUT2D eigenvalue weighted by molar-refractivity contribution is 0.0151. The van der Waals surface area contributed by atoms with Crippen LogP contribution in [0.4, 0.5) is 8.78 Å². The topological polar surface area (TPSA) is 40.5 Å². The van der Waals surface area contributed by atoms with Gasteiger partial charge in [-0.15, -0.1) is 0 Å². The van der Waals surface area contributed by atoms with Crippen LogP contribution in [0.25, 0.3) is 0 Å². The van der Waals surface area contributed by atoms with Crippen LogP contribution in [0.15, 0.2) is 18.2 Å². The maximum absolute atomic E-state index is 13.2. The molecule has 2 unspecified atom stereocenters. The molecule has 2 N–H and O–H groups in total. The fourth-order valence-electron chi connectivity index (χ4n) is 1.22. The number of rotatable bonds is 4. The highest BCUT2D eigenvalue weighted by Crippen LogP contribution is 2.23. The minimum atomic E-state index is -1.40. The highest BCUT2D eigenvalue weighted by Gasteiger charge is 2.21. The van der Waals surface area contributed by atoms with Crippen LogP contribution in [0.2, 0.25) is 0 Å². The number of alkyl halides is 1. The first-order chi connectivity index (χ1) is 7.06. The van der Waals surface area contributed by atoms with Crippen molar-refractivity contribution in [2.45, 2.75) is 18.6 Å². The van der Waals surface area contributed by atoms with E-state index in [9.17, 15) is 19.0 Å². The van der Waals surface area contributed by atoms with Gasteiger partial charge in [-0.3, -0.25) is 0 Å². The summed E-state index contributed by atoms with van der Waals surface area (Å²) >= 11 is 3.08. The highest BCUT2D eigenvalue weighted by atomic mass is 79.9. The van der Waals surface area contributed by atoms with E-state index in [0.29, 0.717) is 5.33 Å². The van der Waals surface area contributed by atoms with Crippen molar-refractivity contribution in [3.63, 3.8) is 0 Å². The fraction of sp³-hybridized carbons (Fsp3) is 0.400. The molecule has 1 aromatic carbocycles. The summed E-state index contributed by atoms with van der Waals surface area (Å²) in [7, 11) is 0. The number of hydrogen-bond donors (Lipinski definition) is 2. The Kier molecular flexibility index (Phi) is 4.63. The molecular formula is C10H11BrF2O2. The second kappa shape index (κ2) is 5.53. The zero-order valence-electron chi connectivity index (χ0n) is 7.83. The van der Waals surface area contributed by atoms with Gasteiger partial charge < -0.3 is 10.2 Å². The van der Waals surface area contributed by atoms with Gasteiger partial charge in [0.1, 0.15) is 17.7 Å². The second-order valence-electron chi connectivity index (χ2n) is 3.16. The average Bonchev–Trinajstić information content (AvgIpc) is 2.21. The smallest absolute Gasteiger partial charge is 0.129 e. The van der Waals surface area contributed by atoms with Gasteiger partial charge in [0.05, 0.1) is 6.10 Å². The molecule has 15 heavy (non-hydrogen) atoms. The zero-order chi connectivity index (χ0) is 11.4. The Bertz CT molecular complexity index is 333. The van der Waals surface area contributed by atoms with E-state index in [1.165, 1.54) is 0 Å². The standard InChI is InChI=1S/C10H11BrF2O2/c11-4-3-9(14)10(15)7-5-6(12)1-2-8(7)13/h1-2,5,9-10,14-15H,3-4H2. The van der Waals surface area contributed by atoms with Crippen LogP contribution in [0, 0.1) is 11.6 Å². The summed E-state index contributed by atoms with van der Waals surface area (Å²) < 4.78 is 26.0.